The van der Waals surface area contributed by atoms with Crippen molar-refractivity contribution in [3.05, 3.63) is 423 Å². The van der Waals surface area contributed by atoms with Gasteiger partial charge in [0.2, 0.25) is 0 Å². The zero-order valence-corrected chi connectivity index (χ0v) is 70.3. The third-order valence-corrected chi connectivity index (χ3v) is 28.7. The number of benzene rings is 20. The van der Waals surface area contributed by atoms with Gasteiger partial charge in [0.05, 0.1) is 76.6 Å². The number of aryl methyl sites for hydroxylation is 3. The largest absolute Gasteiger partial charge is 0.309 e. The Balaban J connectivity index is 0.000000100. The first-order valence-electron chi connectivity index (χ1n) is 43.0. The molecule has 0 spiro atoms. The number of fused-ring (bicyclic) bond motifs is 36. The van der Waals surface area contributed by atoms with E-state index in [1.807, 2.05) is 22.7 Å². The average Bonchev–Trinajstić information content (AvgIpc) is 1.53. The van der Waals surface area contributed by atoms with Crippen molar-refractivity contribution in [2.75, 3.05) is 0 Å². The molecule has 0 saturated carbocycles. The predicted octanol–water partition coefficient (Wildman–Crippen LogP) is 32.8. The van der Waals surface area contributed by atoms with Crippen LogP contribution in [0.3, 0.4) is 0 Å². The Morgan fingerprint density at radius 3 is 0.816 bits per heavy atom. The van der Waals surface area contributed by atoms with Gasteiger partial charge in [-0.05, 0) is 153 Å². The summed E-state index contributed by atoms with van der Waals surface area (Å²) < 4.78 is 20.2. The fourth-order valence-corrected chi connectivity index (χ4v) is 23.6. The first-order chi connectivity index (χ1) is 61.8. The lowest BCUT2D eigenvalue weighted by molar-refractivity contribution is 1.17. The van der Waals surface area contributed by atoms with Crippen LogP contribution in [0.25, 0.3) is 238 Å². The lowest BCUT2D eigenvalue weighted by Gasteiger charge is -2.14. The number of hydrogen-bond acceptors (Lipinski definition) is 2. The van der Waals surface area contributed by atoms with Gasteiger partial charge >= 0.3 is 0 Å². The van der Waals surface area contributed by atoms with Crippen LogP contribution < -0.4 is 0 Å². The van der Waals surface area contributed by atoms with Crippen LogP contribution in [0.5, 0.6) is 0 Å². The van der Waals surface area contributed by atoms with Crippen molar-refractivity contribution in [1.82, 2.24) is 27.4 Å². The fraction of sp³-hybridized carbons (Fsp3) is 0.0256. The van der Waals surface area contributed by atoms with Crippen molar-refractivity contribution in [2.24, 2.45) is 0 Å². The molecule has 0 unspecified atom stereocenters. The Kier molecular flexibility index (Phi) is 15.8. The number of thiophene rings is 2. The van der Waals surface area contributed by atoms with Crippen LogP contribution in [0.1, 0.15) is 16.7 Å². The van der Waals surface area contributed by atoms with Crippen LogP contribution in [-0.2, 0) is 0 Å². The summed E-state index contributed by atoms with van der Waals surface area (Å²) in [5, 5.41) is 28.4. The maximum atomic E-state index is 2.54. The number of nitrogens with zero attached hydrogens (tertiary/aromatic N) is 6. The molecule has 0 aliphatic rings. The number of para-hydroxylation sites is 7. The zero-order valence-electron chi connectivity index (χ0n) is 68.7. The van der Waals surface area contributed by atoms with Gasteiger partial charge in [-0.3, -0.25) is 0 Å². The van der Waals surface area contributed by atoms with E-state index in [0.717, 1.165) is 0 Å². The Labute approximate surface area is 726 Å². The van der Waals surface area contributed by atoms with Gasteiger partial charge in [-0.1, -0.05) is 291 Å². The molecule has 586 valence electrons. The molecule has 0 bridgehead atoms. The van der Waals surface area contributed by atoms with Crippen molar-refractivity contribution in [3.8, 4) is 34.1 Å². The van der Waals surface area contributed by atoms with Crippen molar-refractivity contribution in [3.63, 3.8) is 0 Å². The van der Waals surface area contributed by atoms with Gasteiger partial charge in [0.25, 0.3) is 0 Å². The standard InChI is InChI=1S/2C41H26N2S.C35H24N2/c1-25-12-10-13-26(24-25)42-33-20-7-4-17-31(33)37-38-32-18-5-8-21-34(32)43(40(38)29-16-3-2-15-28(29)39(37)42)35-22-11-19-30-27-14-6-9-23-36(27)44-41(30)35;1-25-11-10-12-26(23-25)42-34-18-7-4-16-31(34)38-39-32-17-5-8-19-35(32)43(41(39)30-15-3-2-14-29(30)40(38)42)27-21-22-37-33(24-27)28-13-6-9-20-36(28)44-37;1-23-19-21-25(22-20-23)37-31-18-10-8-16-29(31)33-32-28-15-7-9-17-30(28)36(24-11-3-2-4-12-24)34(32)26-13-5-6-14-27(26)35(33)37/h2*2-24H,1H3;2-22H,1H3. The highest BCUT2D eigenvalue weighted by Gasteiger charge is 2.30. The summed E-state index contributed by atoms with van der Waals surface area (Å²) in [4.78, 5) is 0. The van der Waals surface area contributed by atoms with Crippen LogP contribution in [0, 0.1) is 20.8 Å². The smallest absolute Gasteiger partial charge is 0.0641 e. The quantitative estimate of drug-likeness (QED) is 0.159. The minimum Gasteiger partial charge on any atom is -0.309 e. The van der Waals surface area contributed by atoms with E-state index in [0.29, 0.717) is 0 Å². The lowest BCUT2D eigenvalue weighted by atomic mass is 9.99. The van der Waals surface area contributed by atoms with E-state index in [1.165, 1.54) is 254 Å². The monoisotopic (exact) mass is 1630 g/mol. The van der Waals surface area contributed by atoms with Gasteiger partial charge in [0.1, 0.15) is 0 Å². The molecule has 0 aliphatic heterocycles. The molecular formula is C117H76N6S2. The highest BCUT2D eigenvalue weighted by Crippen LogP contribution is 2.53. The van der Waals surface area contributed by atoms with E-state index >= 15 is 0 Å². The first-order valence-corrected chi connectivity index (χ1v) is 44.7. The molecule has 0 atom stereocenters. The number of aromatic nitrogens is 6. The minimum atomic E-state index is 1.18. The van der Waals surface area contributed by atoms with E-state index in [9.17, 15) is 0 Å². The molecule has 0 N–H and O–H groups in total. The van der Waals surface area contributed by atoms with Crippen molar-refractivity contribution in [2.45, 2.75) is 20.8 Å². The molecule has 0 fully saturated rings. The van der Waals surface area contributed by atoms with Gasteiger partial charge in [0, 0.05) is 161 Å². The highest BCUT2D eigenvalue weighted by atomic mass is 32.1. The summed E-state index contributed by atoms with van der Waals surface area (Å²) in [6.45, 7) is 6.50. The van der Waals surface area contributed by atoms with E-state index < -0.39 is 0 Å². The van der Waals surface area contributed by atoms with Crippen LogP contribution in [0.4, 0.5) is 0 Å². The molecule has 0 aliphatic carbocycles. The van der Waals surface area contributed by atoms with E-state index in [4.69, 9.17) is 0 Å². The SMILES string of the molecule is Cc1ccc(-n2c3ccccc3c3c4c5ccccc5n(-c5ccccc5)c4c4ccccc4c32)cc1.Cc1cccc(-n2c3ccccc3c3c4c5ccccc5n(-c5ccc6sc7ccccc7c6c5)c4c4ccccc4c32)c1.Cc1cccc(-n2c3ccccc3c3c4c5ccccc5n(-c5cccc6c5sc5ccccc56)c4c4ccccc4c32)c1. The molecule has 20 aromatic carbocycles. The van der Waals surface area contributed by atoms with E-state index in [1.54, 1.807) is 0 Å². The summed E-state index contributed by atoms with van der Waals surface area (Å²) in [7, 11) is 0. The topological polar surface area (TPSA) is 29.6 Å². The van der Waals surface area contributed by atoms with E-state index in [2.05, 4.69) is 455 Å². The maximum absolute atomic E-state index is 2.54. The number of hydrogen-bond donors (Lipinski definition) is 0. The number of rotatable bonds is 6. The van der Waals surface area contributed by atoms with Crippen molar-refractivity contribution >= 4 is 226 Å². The van der Waals surface area contributed by atoms with Crippen LogP contribution in [-0.4, -0.2) is 27.4 Å². The summed E-state index contributed by atoms with van der Waals surface area (Å²) in [5.74, 6) is 0. The normalized spacial score (nSPS) is 12.1. The highest BCUT2D eigenvalue weighted by molar-refractivity contribution is 7.26. The molecule has 8 heterocycles. The molecule has 0 amide bonds. The second kappa shape index (κ2) is 27.7. The Bertz CT molecular complexity index is 9410. The molecule has 125 heavy (non-hydrogen) atoms. The van der Waals surface area contributed by atoms with E-state index in [-0.39, 0.29) is 0 Å². The molecule has 28 rings (SSSR count). The minimum absolute atomic E-state index is 1.18. The molecule has 8 aromatic heterocycles. The Morgan fingerprint density at radius 1 is 0.160 bits per heavy atom. The molecule has 28 aromatic rings. The molecule has 0 saturated heterocycles. The Morgan fingerprint density at radius 2 is 0.424 bits per heavy atom. The summed E-state index contributed by atoms with van der Waals surface area (Å²) in [6.07, 6.45) is 0. The van der Waals surface area contributed by atoms with Gasteiger partial charge in [0.15, 0.2) is 0 Å². The van der Waals surface area contributed by atoms with Gasteiger partial charge in [-0.25, -0.2) is 0 Å². The van der Waals surface area contributed by atoms with Crippen molar-refractivity contribution in [1.29, 1.82) is 0 Å². The summed E-state index contributed by atoms with van der Waals surface area (Å²) >= 11 is 3.76. The van der Waals surface area contributed by atoms with Gasteiger partial charge < -0.3 is 27.4 Å². The second-order valence-corrected chi connectivity index (χ2v) is 35.6. The summed E-state index contributed by atoms with van der Waals surface area (Å²) in [5.41, 5.74) is 26.0. The van der Waals surface area contributed by atoms with Crippen LogP contribution in [0.15, 0.2) is 406 Å². The Hall–Kier alpha value is -15.6. The third-order valence-electron chi connectivity index (χ3n) is 26.4. The molecular weight excluding hydrogens is 1550 g/mol. The first kappa shape index (κ1) is 71.2. The predicted molar refractivity (Wildman–Crippen MR) is 538 cm³/mol. The second-order valence-electron chi connectivity index (χ2n) is 33.5. The fourth-order valence-electron chi connectivity index (χ4n) is 21.3. The maximum Gasteiger partial charge on any atom is 0.0641 e. The van der Waals surface area contributed by atoms with Crippen LogP contribution >= 0.6 is 22.7 Å². The molecule has 0 radical (unpaired) electrons. The lowest BCUT2D eigenvalue weighted by Crippen LogP contribution is -1.97. The summed E-state index contributed by atoms with van der Waals surface area (Å²) in [6, 6.07) is 149. The van der Waals surface area contributed by atoms with Crippen LogP contribution in [0.2, 0.25) is 0 Å². The average molecular weight is 1630 g/mol. The van der Waals surface area contributed by atoms with Gasteiger partial charge in [-0.15, -0.1) is 22.7 Å². The molecule has 8 heteroatoms. The van der Waals surface area contributed by atoms with Gasteiger partial charge in [-0.2, -0.15) is 0 Å². The molecule has 6 nitrogen and oxygen atoms in total. The third kappa shape index (κ3) is 10.5. The van der Waals surface area contributed by atoms with Crippen molar-refractivity contribution < 1.29 is 0 Å². The zero-order chi connectivity index (χ0) is 82.4.